The molecule has 0 saturated carbocycles. The minimum Gasteiger partial charge on any atom is -0.497 e. The fraction of sp³-hybridized carbons (Fsp3) is 0.682. The second kappa shape index (κ2) is 9.72. The molecule has 156 valence electrons. The summed E-state index contributed by atoms with van der Waals surface area (Å²) in [6.45, 7) is 4.70. The highest BCUT2D eigenvalue weighted by molar-refractivity contribution is 5.79. The topological polar surface area (TPSA) is 65.0 Å². The molecule has 2 heterocycles. The number of benzene rings is 1. The van der Waals surface area contributed by atoms with E-state index < -0.39 is 5.60 Å². The van der Waals surface area contributed by atoms with Gasteiger partial charge in [-0.25, -0.2) is 0 Å². The van der Waals surface area contributed by atoms with E-state index in [1.165, 1.54) is 5.56 Å². The van der Waals surface area contributed by atoms with Crippen molar-refractivity contribution in [1.29, 1.82) is 0 Å². The standard InChI is InChI=1S/C22H35N3O3/c1-24(16-18-4-6-20(28-2)7-5-18)17-22(27)10-3-14-25(15-11-22)21(26)19-8-12-23-13-9-19/h4-7,19,23,27H,3,8-17H2,1-2H3/t22-/m0/s1. The molecule has 0 spiro atoms. The van der Waals surface area contributed by atoms with Crippen molar-refractivity contribution >= 4 is 5.91 Å². The Morgan fingerprint density at radius 3 is 2.64 bits per heavy atom. The second-order valence-corrected chi connectivity index (χ2v) is 8.45. The van der Waals surface area contributed by atoms with Crippen LogP contribution in [0.5, 0.6) is 5.75 Å². The molecule has 0 aliphatic carbocycles. The molecule has 1 amide bonds. The Morgan fingerprint density at radius 1 is 1.25 bits per heavy atom. The van der Waals surface area contributed by atoms with Gasteiger partial charge in [0.15, 0.2) is 0 Å². The number of carbonyl (C=O) groups is 1. The Labute approximate surface area is 168 Å². The largest absolute Gasteiger partial charge is 0.497 e. The molecule has 0 bridgehead atoms. The number of nitrogens with zero attached hydrogens (tertiary/aromatic N) is 2. The Hall–Kier alpha value is -1.63. The van der Waals surface area contributed by atoms with Crippen molar-refractivity contribution in [3.63, 3.8) is 0 Å². The molecule has 0 aromatic heterocycles. The smallest absolute Gasteiger partial charge is 0.225 e. The SMILES string of the molecule is COc1ccc(CN(C)C[C@]2(O)CCCN(C(=O)C3CCNCC3)CC2)cc1. The first-order chi connectivity index (χ1) is 13.5. The molecule has 0 radical (unpaired) electrons. The molecule has 0 unspecified atom stereocenters. The second-order valence-electron chi connectivity index (χ2n) is 8.45. The van der Waals surface area contributed by atoms with Gasteiger partial charge in [0, 0.05) is 32.1 Å². The summed E-state index contributed by atoms with van der Waals surface area (Å²) < 4.78 is 5.21. The number of amides is 1. The number of likely N-dealkylation sites (N-methyl/N-ethyl adjacent to an activating group) is 1. The summed E-state index contributed by atoms with van der Waals surface area (Å²) in [6, 6.07) is 8.05. The average Bonchev–Trinajstić information content (AvgIpc) is 2.90. The molecule has 2 N–H and O–H groups in total. The fourth-order valence-electron chi connectivity index (χ4n) is 4.49. The van der Waals surface area contributed by atoms with Gasteiger partial charge in [-0.3, -0.25) is 9.69 Å². The molecule has 6 heteroatoms. The highest BCUT2D eigenvalue weighted by atomic mass is 16.5. The zero-order valence-corrected chi connectivity index (χ0v) is 17.3. The van der Waals surface area contributed by atoms with Gasteiger partial charge >= 0.3 is 0 Å². The molecule has 2 aliphatic rings. The Bertz CT molecular complexity index is 630. The van der Waals surface area contributed by atoms with E-state index in [4.69, 9.17) is 4.74 Å². The molecule has 2 saturated heterocycles. The quantitative estimate of drug-likeness (QED) is 0.778. The van der Waals surface area contributed by atoms with E-state index in [9.17, 15) is 9.90 Å². The van der Waals surface area contributed by atoms with Crippen LogP contribution >= 0.6 is 0 Å². The van der Waals surface area contributed by atoms with E-state index in [0.29, 0.717) is 19.5 Å². The molecule has 1 aromatic carbocycles. The van der Waals surface area contributed by atoms with Gasteiger partial charge in [0.2, 0.25) is 5.91 Å². The molecule has 2 aliphatic heterocycles. The average molecular weight is 390 g/mol. The van der Waals surface area contributed by atoms with E-state index in [0.717, 1.165) is 57.6 Å². The molecule has 3 rings (SSSR count). The third-order valence-corrected chi connectivity index (χ3v) is 6.09. The van der Waals surface area contributed by atoms with Crippen LogP contribution in [0.2, 0.25) is 0 Å². The number of ether oxygens (including phenoxy) is 1. The summed E-state index contributed by atoms with van der Waals surface area (Å²) in [6.07, 6.45) is 4.13. The molecular formula is C22H35N3O3. The van der Waals surface area contributed by atoms with E-state index in [2.05, 4.69) is 22.3 Å². The van der Waals surface area contributed by atoms with E-state index >= 15 is 0 Å². The summed E-state index contributed by atoms with van der Waals surface area (Å²) in [5.74, 6) is 1.30. The summed E-state index contributed by atoms with van der Waals surface area (Å²) in [5, 5.41) is 14.5. The minimum atomic E-state index is -0.732. The van der Waals surface area contributed by atoms with Crippen LogP contribution in [0.1, 0.15) is 37.7 Å². The number of carbonyl (C=O) groups excluding carboxylic acids is 1. The number of hydrogen-bond donors (Lipinski definition) is 2. The predicted molar refractivity (Wildman–Crippen MR) is 110 cm³/mol. The molecule has 1 aromatic rings. The first-order valence-corrected chi connectivity index (χ1v) is 10.5. The fourth-order valence-corrected chi connectivity index (χ4v) is 4.49. The summed E-state index contributed by atoms with van der Waals surface area (Å²) in [7, 11) is 3.72. The number of hydrogen-bond acceptors (Lipinski definition) is 5. The van der Waals surface area contributed by atoms with Crippen LogP contribution < -0.4 is 10.1 Å². The van der Waals surface area contributed by atoms with Gasteiger partial charge in [-0.15, -0.1) is 0 Å². The number of likely N-dealkylation sites (tertiary alicyclic amines) is 1. The van der Waals surface area contributed by atoms with E-state index in [1.54, 1.807) is 7.11 Å². The molecular weight excluding hydrogens is 354 g/mol. The van der Waals surface area contributed by atoms with E-state index in [-0.39, 0.29) is 11.8 Å². The van der Waals surface area contributed by atoms with Gasteiger partial charge in [-0.1, -0.05) is 12.1 Å². The van der Waals surface area contributed by atoms with Crippen LogP contribution in [-0.2, 0) is 11.3 Å². The van der Waals surface area contributed by atoms with Gasteiger partial charge in [-0.2, -0.15) is 0 Å². The first-order valence-electron chi connectivity index (χ1n) is 10.5. The van der Waals surface area contributed by atoms with Crippen LogP contribution in [0.4, 0.5) is 0 Å². The third-order valence-electron chi connectivity index (χ3n) is 6.09. The lowest BCUT2D eigenvalue weighted by molar-refractivity contribution is -0.136. The summed E-state index contributed by atoms with van der Waals surface area (Å²) in [5.41, 5.74) is 0.466. The zero-order chi connectivity index (χ0) is 20.0. The van der Waals surface area contributed by atoms with Crippen LogP contribution in [0.25, 0.3) is 0 Å². The highest BCUT2D eigenvalue weighted by Gasteiger charge is 2.34. The van der Waals surface area contributed by atoms with Gasteiger partial charge < -0.3 is 20.1 Å². The lowest BCUT2D eigenvalue weighted by atomic mass is 9.94. The molecule has 1 atom stereocenters. The summed E-state index contributed by atoms with van der Waals surface area (Å²) in [4.78, 5) is 17.0. The lowest BCUT2D eigenvalue weighted by Gasteiger charge is -2.32. The van der Waals surface area contributed by atoms with Crippen molar-refractivity contribution in [3.8, 4) is 5.75 Å². The van der Waals surface area contributed by atoms with Crippen molar-refractivity contribution < 1.29 is 14.6 Å². The molecule has 6 nitrogen and oxygen atoms in total. The maximum absolute atomic E-state index is 12.8. The van der Waals surface area contributed by atoms with Crippen LogP contribution in [0.3, 0.4) is 0 Å². The monoisotopic (exact) mass is 389 g/mol. The van der Waals surface area contributed by atoms with Gasteiger partial charge in [0.1, 0.15) is 5.75 Å². The highest BCUT2D eigenvalue weighted by Crippen LogP contribution is 2.26. The van der Waals surface area contributed by atoms with Gasteiger partial charge in [0.05, 0.1) is 12.7 Å². The van der Waals surface area contributed by atoms with Crippen LogP contribution in [-0.4, -0.2) is 73.3 Å². The number of rotatable bonds is 6. The molecule has 2 fully saturated rings. The van der Waals surface area contributed by atoms with Crippen molar-refractivity contribution in [3.05, 3.63) is 29.8 Å². The lowest BCUT2D eigenvalue weighted by Crippen LogP contribution is -2.44. The normalized spacial score (nSPS) is 24.2. The van der Waals surface area contributed by atoms with Crippen molar-refractivity contribution in [2.45, 2.75) is 44.2 Å². The van der Waals surface area contributed by atoms with Crippen molar-refractivity contribution in [2.75, 3.05) is 46.9 Å². The van der Waals surface area contributed by atoms with Gasteiger partial charge in [-0.05, 0) is 69.9 Å². The number of nitrogens with one attached hydrogen (secondary N) is 1. The third kappa shape index (κ3) is 5.69. The minimum absolute atomic E-state index is 0.158. The predicted octanol–water partition coefficient (Wildman–Crippen LogP) is 1.87. The number of aliphatic hydroxyl groups is 1. The Kier molecular flexibility index (Phi) is 7.32. The molecule has 28 heavy (non-hydrogen) atoms. The van der Waals surface area contributed by atoms with Crippen LogP contribution in [0.15, 0.2) is 24.3 Å². The van der Waals surface area contributed by atoms with Crippen molar-refractivity contribution in [2.24, 2.45) is 5.92 Å². The Morgan fingerprint density at radius 2 is 1.96 bits per heavy atom. The zero-order valence-electron chi connectivity index (χ0n) is 17.3. The van der Waals surface area contributed by atoms with Gasteiger partial charge in [0.25, 0.3) is 0 Å². The summed E-state index contributed by atoms with van der Waals surface area (Å²) >= 11 is 0. The number of piperidine rings is 1. The van der Waals surface area contributed by atoms with E-state index in [1.807, 2.05) is 24.1 Å². The first kappa shape index (κ1) is 21.1. The Balaban J connectivity index is 1.51. The van der Waals surface area contributed by atoms with Crippen molar-refractivity contribution in [1.82, 2.24) is 15.1 Å². The van der Waals surface area contributed by atoms with Crippen LogP contribution in [0, 0.1) is 5.92 Å². The maximum atomic E-state index is 12.8. The number of methoxy groups -OCH3 is 1. The maximum Gasteiger partial charge on any atom is 0.225 e.